The Morgan fingerprint density at radius 1 is 1.14 bits per heavy atom. The minimum absolute atomic E-state index is 0.0833. The van der Waals surface area contributed by atoms with E-state index in [0.29, 0.717) is 11.2 Å². The zero-order chi connectivity index (χ0) is 14.8. The van der Waals surface area contributed by atoms with Gasteiger partial charge in [-0.1, -0.05) is 18.2 Å². The summed E-state index contributed by atoms with van der Waals surface area (Å²) >= 11 is 0. The van der Waals surface area contributed by atoms with E-state index >= 15 is 0 Å². The minimum Gasteiger partial charge on any atom is -0.476 e. The molecule has 0 spiro atoms. The molecule has 2 aromatic heterocycles. The lowest BCUT2D eigenvalue weighted by Gasteiger charge is -2.21. The van der Waals surface area contributed by atoms with E-state index in [0.717, 1.165) is 11.1 Å². The van der Waals surface area contributed by atoms with Crippen LogP contribution >= 0.6 is 0 Å². The standard InChI is InChI=1S/C15H12N4O2/c1-19(10-5-4-8-16-9-10)14-11-6-2-3-7-12(11)17-18-13(14)15(20)21/h2-9H,1H3,(H,20,21). The molecule has 0 atom stereocenters. The Bertz CT molecular complexity index is 805. The lowest BCUT2D eigenvalue weighted by Crippen LogP contribution is -2.17. The van der Waals surface area contributed by atoms with Crippen LogP contribution < -0.4 is 4.90 Å². The average Bonchev–Trinajstić information content (AvgIpc) is 2.53. The molecule has 6 heteroatoms. The molecule has 0 bridgehead atoms. The Morgan fingerprint density at radius 3 is 2.67 bits per heavy atom. The second-order valence-corrected chi connectivity index (χ2v) is 4.49. The summed E-state index contributed by atoms with van der Waals surface area (Å²) in [4.78, 5) is 17.3. The molecule has 1 N–H and O–H groups in total. The Balaban J connectivity index is 2.28. The lowest BCUT2D eigenvalue weighted by molar-refractivity contribution is 0.0690. The van der Waals surface area contributed by atoms with Gasteiger partial charge in [0.05, 0.1) is 23.1 Å². The molecule has 3 rings (SSSR count). The van der Waals surface area contributed by atoms with Crippen molar-refractivity contribution in [1.82, 2.24) is 15.2 Å². The number of aromatic nitrogens is 3. The highest BCUT2D eigenvalue weighted by molar-refractivity contribution is 6.04. The van der Waals surface area contributed by atoms with Gasteiger partial charge in [-0.25, -0.2) is 4.79 Å². The van der Waals surface area contributed by atoms with Crippen molar-refractivity contribution in [2.75, 3.05) is 11.9 Å². The molecule has 2 heterocycles. The maximum absolute atomic E-state index is 11.5. The summed E-state index contributed by atoms with van der Waals surface area (Å²) in [6, 6.07) is 11.0. The Labute approximate surface area is 120 Å². The number of benzene rings is 1. The number of fused-ring (bicyclic) bond motifs is 1. The zero-order valence-corrected chi connectivity index (χ0v) is 11.3. The summed E-state index contributed by atoms with van der Waals surface area (Å²) in [6.07, 6.45) is 3.33. The summed E-state index contributed by atoms with van der Waals surface area (Å²) in [7, 11) is 1.78. The molecule has 0 unspecified atom stereocenters. The third-order valence-corrected chi connectivity index (χ3v) is 3.21. The minimum atomic E-state index is -1.11. The third-order valence-electron chi connectivity index (χ3n) is 3.21. The van der Waals surface area contributed by atoms with Crippen molar-refractivity contribution < 1.29 is 9.90 Å². The number of pyridine rings is 1. The molecule has 0 aliphatic heterocycles. The van der Waals surface area contributed by atoms with Gasteiger partial charge < -0.3 is 10.0 Å². The van der Waals surface area contributed by atoms with E-state index in [-0.39, 0.29) is 5.69 Å². The van der Waals surface area contributed by atoms with E-state index in [1.807, 2.05) is 24.3 Å². The van der Waals surface area contributed by atoms with Gasteiger partial charge in [0, 0.05) is 18.6 Å². The first-order chi connectivity index (χ1) is 10.2. The fourth-order valence-electron chi connectivity index (χ4n) is 2.20. The molecular formula is C15H12N4O2. The van der Waals surface area contributed by atoms with Crippen LogP contribution in [0, 0.1) is 0 Å². The number of carboxylic acid groups (broad SMARTS) is 1. The van der Waals surface area contributed by atoms with E-state index in [9.17, 15) is 9.90 Å². The van der Waals surface area contributed by atoms with Gasteiger partial charge in [0.15, 0.2) is 5.69 Å². The number of rotatable bonds is 3. The van der Waals surface area contributed by atoms with E-state index in [4.69, 9.17) is 0 Å². The molecule has 104 valence electrons. The normalized spacial score (nSPS) is 10.5. The number of carbonyl (C=O) groups is 1. The first-order valence-electron chi connectivity index (χ1n) is 6.31. The van der Waals surface area contributed by atoms with Gasteiger partial charge in [0.2, 0.25) is 0 Å². The van der Waals surface area contributed by atoms with Crippen molar-refractivity contribution in [1.29, 1.82) is 0 Å². The first-order valence-corrected chi connectivity index (χ1v) is 6.31. The maximum Gasteiger partial charge on any atom is 0.358 e. The Kier molecular flexibility index (Phi) is 3.19. The second-order valence-electron chi connectivity index (χ2n) is 4.49. The molecular weight excluding hydrogens is 268 g/mol. The number of hydrogen-bond acceptors (Lipinski definition) is 5. The van der Waals surface area contributed by atoms with Crippen molar-refractivity contribution in [2.24, 2.45) is 0 Å². The van der Waals surface area contributed by atoms with Crippen LogP contribution in [0.15, 0.2) is 48.8 Å². The molecule has 21 heavy (non-hydrogen) atoms. The SMILES string of the molecule is CN(c1cccnc1)c1c(C(=O)O)nnc2ccccc12. The summed E-state index contributed by atoms with van der Waals surface area (Å²) in [5.41, 5.74) is 1.84. The fraction of sp³-hybridized carbons (Fsp3) is 0.0667. The molecule has 0 amide bonds. The zero-order valence-electron chi connectivity index (χ0n) is 11.3. The van der Waals surface area contributed by atoms with Crippen LogP contribution in [0.25, 0.3) is 10.9 Å². The average molecular weight is 280 g/mol. The monoisotopic (exact) mass is 280 g/mol. The van der Waals surface area contributed by atoms with Gasteiger partial charge in [-0.15, -0.1) is 10.2 Å². The van der Waals surface area contributed by atoms with Crippen molar-refractivity contribution in [3.8, 4) is 0 Å². The largest absolute Gasteiger partial charge is 0.476 e. The van der Waals surface area contributed by atoms with E-state index in [2.05, 4.69) is 15.2 Å². The number of nitrogens with zero attached hydrogens (tertiary/aromatic N) is 4. The van der Waals surface area contributed by atoms with Gasteiger partial charge in [0.25, 0.3) is 0 Å². The number of hydrogen-bond donors (Lipinski definition) is 1. The number of aromatic carboxylic acids is 1. The Hall–Kier alpha value is -3.02. The van der Waals surface area contributed by atoms with Crippen LogP contribution in [0.4, 0.5) is 11.4 Å². The van der Waals surface area contributed by atoms with Crippen LogP contribution in [0.1, 0.15) is 10.5 Å². The predicted molar refractivity (Wildman–Crippen MR) is 78.8 cm³/mol. The van der Waals surface area contributed by atoms with Gasteiger partial charge in [-0.2, -0.15) is 0 Å². The highest BCUT2D eigenvalue weighted by Crippen LogP contribution is 2.31. The third kappa shape index (κ3) is 2.27. The molecule has 0 saturated heterocycles. The molecule has 0 saturated carbocycles. The summed E-state index contributed by atoms with van der Waals surface area (Å²) in [5, 5.41) is 17.9. The molecule has 0 fully saturated rings. The number of anilines is 2. The van der Waals surface area contributed by atoms with Gasteiger partial charge in [-0.3, -0.25) is 4.98 Å². The highest BCUT2D eigenvalue weighted by atomic mass is 16.4. The summed E-state index contributed by atoms with van der Waals surface area (Å²) in [5.74, 6) is -1.11. The van der Waals surface area contributed by atoms with Crippen LogP contribution in [0.3, 0.4) is 0 Å². The smallest absolute Gasteiger partial charge is 0.358 e. The van der Waals surface area contributed by atoms with Gasteiger partial charge in [0.1, 0.15) is 0 Å². The summed E-state index contributed by atoms with van der Waals surface area (Å²) in [6.45, 7) is 0. The lowest BCUT2D eigenvalue weighted by atomic mass is 10.1. The summed E-state index contributed by atoms with van der Waals surface area (Å²) < 4.78 is 0. The topological polar surface area (TPSA) is 79.2 Å². The maximum atomic E-state index is 11.5. The molecule has 0 aliphatic rings. The van der Waals surface area contributed by atoms with Crippen molar-refractivity contribution in [3.63, 3.8) is 0 Å². The molecule has 0 aliphatic carbocycles. The van der Waals surface area contributed by atoms with Crippen LogP contribution in [-0.2, 0) is 0 Å². The van der Waals surface area contributed by atoms with E-state index in [1.54, 1.807) is 36.5 Å². The van der Waals surface area contributed by atoms with Crippen molar-refractivity contribution in [2.45, 2.75) is 0 Å². The van der Waals surface area contributed by atoms with Crippen LogP contribution in [0.5, 0.6) is 0 Å². The first kappa shape index (κ1) is 13.0. The molecule has 0 radical (unpaired) electrons. The fourth-order valence-corrected chi connectivity index (χ4v) is 2.20. The Morgan fingerprint density at radius 2 is 1.95 bits per heavy atom. The second kappa shape index (κ2) is 5.16. The van der Waals surface area contributed by atoms with Crippen LogP contribution in [0.2, 0.25) is 0 Å². The van der Waals surface area contributed by atoms with Crippen LogP contribution in [-0.4, -0.2) is 33.3 Å². The molecule has 6 nitrogen and oxygen atoms in total. The molecule has 1 aromatic carbocycles. The van der Waals surface area contributed by atoms with Gasteiger partial charge in [-0.05, 0) is 18.2 Å². The van der Waals surface area contributed by atoms with Crippen molar-refractivity contribution >= 4 is 28.2 Å². The van der Waals surface area contributed by atoms with Crippen molar-refractivity contribution in [3.05, 3.63) is 54.5 Å². The predicted octanol–water partition coefficient (Wildman–Crippen LogP) is 2.49. The quantitative estimate of drug-likeness (QED) is 0.794. The van der Waals surface area contributed by atoms with E-state index < -0.39 is 5.97 Å². The molecule has 3 aromatic rings. The highest BCUT2D eigenvalue weighted by Gasteiger charge is 2.20. The number of carboxylic acids is 1. The van der Waals surface area contributed by atoms with Gasteiger partial charge >= 0.3 is 5.97 Å². The van der Waals surface area contributed by atoms with E-state index in [1.165, 1.54) is 0 Å².